The maximum Gasteiger partial charge on any atom is 0.253 e. The van der Waals surface area contributed by atoms with Gasteiger partial charge in [0, 0.05) is 29.3 Å². The summed E-state index contributed by atoms with van der Waals surface area (Å²) in [6.07, 6.45) is 1.11. The van der Waals surface area contributed by atoms with Crippen LogP contribution in [-0.4, -0.2) is 28.6 Å². The molecule has 1 amide bonds. The quantitative estimate of drug-likeness (QED) is 0.628. The molecule has 1 heterocycles. The molecule has 1 unspecified atom stereocenters. The summed E-state index contributed by atoms with van der Waals surface area (Å²) in [6.45, 7) is 4.05. The molecule has 2 aromatic rings. The molecular formula is C14H19N3O2. The van der Waals surface area contributed by atoms with Crippen molar-refractivity contribution >= 4 is 22.5 Å². The number of fused-ring (bicyclic) bond motifs is 1. The zero-order chi connectivity index (χ0) is 14.0. The van der Waals surface area contributed by atoms with Gasteiger partial charge in [0.1, 0.15) is 0 Å². The lowest BCUT2D eigenvalue weighted by Crippen LogP contribution is -2.34. The van der Waals surface area contributed by atoms with E-state index in [2.05, 4.69) is 10.3 Å². The number of amides is 1. The van der Waals surface area contributed by atoms with Gasteiger partial charge in [-0.25, -0.2) is 0 Å². The minimum absolute atomic E-state index is 0.110. The molecule has 0 saturated carbocycles. The van der Waals surface area contributed by atoms with Crippen LogP contribution in [0.1, 0.15) is 24.2 Å². The summed E-state index contributed by atoms with van der Waals surface area (Å²) in [5, 5.41) is 13.2. The van der Waals surface area contributed by atoms with E-state index in [0.717, 1.165) is 10.9 Å². The second kappa shape index (κ2) is 5.32. The van der Waals surface area contributed by atoms with Gasteiger partial charge in [-0.2, -0.15) is 0 Å². The fraction of sp³-hybridized carbons (Fsp3) is 0.357. The van der Waals surface area contributed by atoms with Crippen molar-refractivity contribution < 1.29 is 9.90 Å². The summed E-state index contributed by atoms with van der Waals surface area (Å²) < 4.78 is 0. The van der Waals surface area contributed by atoms with Crippen molar-refractivity contribution in [1.29, 1.82) is 0 Å². The molecule has 0 bridgehead atoms. The van der Waals surface area contributed by atoms with E-state index >= 15 is 0 Å². The standard InChI is InChI=1S/C14H19N3O2/c1-8(2)13(18)7-17-14(19)11-6-16-12-4-3-9(15)5-10(11)12/h3-6,8,13,16,18H,7,15H2,1-2H3,(H,17,19). The smallest absolute Gasteiger partial charge is 0.253 e. The Kier molecular flexibility index (Phi) is 3.76. The maximum absolute atomic E-state index is 12.1. The minimum Gasteiger partial charge on any atom is -0.399 e. The fourth-order valence-corrected chi connectivity index (χ4v) is 1.85. The number of aromatic nitrogens is 1. The van der Waals surface area contributed by atoms with E-state index in [1.165, 1.54) is 0 Å². The molecule has 5 N–H and O–H groups in total. The van der Waals surface area contributed by atoms with E-state index in [4.69, 9.17) is 5.73 Å². The van der Waals surface area contributed by atoms with Crippen molar-refractivity contribution in [2.24, 2.45) is 5.92 Å². The number of hydrogen-bond donors (Lipinski definition) is 4. The molecule has 0 aliphatic carbocycles. The van der Waals surface area contributed by atoms with Crippen LogP contribution in [0, 0.1) is 5.92 Å². The third-order valence-electron chi connectivity index (χ3n) is 3.19. The zero-order valence-electron chi connectivity index (χ0n) is 11.1. The van der Waals surface area contributed by atoms with Gasteiger partial charge < -0.3 is 21.1 Å². The number of aliphatic hydroxyl groups excluding tert-OH is 1. The van der Waals surface area contributed by atoms with Gasteiger partial charge in [-0.3, -0.25) is 4.79 Å². The third-order valence-corrected chi connectivity index (χ3v) is 3.19. The predicted molar refractivity (Wildman–Crippen MR) is 75.9 cm³/mol. The highest BCUT2D eigenvalue weighted by Gasteiger charge is 2.15. The Morgan fingerprint density at radius 3 is 2.89 bits per heavy atom. The molecule has 102 valence electrons. The number of nitrogens with one attached hydrogen (secondary N) is 2. The third kappa shape index (κ3) is 2.88. The monoisotopic (exact) mass is 261 g/mol. The van der Waals surface area contributed by atoms with Crippen molar-refractivity contribution in [2.45, 2.75) is 20.0 Å². The first-order chi connectivity index (χ1) is 8.99. The molecule has 0 aliphatic heterocycles. The largest absolute Gasteiger partial charge is 0.399 e. The first kappa shape index (κ1) is 13.4. The topological polar surface area (TPSA) is 91.1 Å². The summed E-state index contributed by atoms with van der Waals surface area (Å²) >= 11 is 0. The number of anilines is 1. The number of carbonyl (C=O) groups excluding carboxylic acids is 1. The van der Waals surface area contributed by atoms with Crippen LogP contribution in [0.15, 0.2) is 24.4 Å². The second-order valence-corrected chi connectivity index (χ2v) is 5.03. The van der Waals surface area contributed by atoms with Crippen molar-refractivity contribution in [3.05, 3.63) is 30.0 Å². The van der Waals surface area contributed by atoms with Gasteiger partial charge in [-0.15, -0.1) is 0 Å². The summed E-state index contributed by atoms with van der Waals surface area (Å²) in [7, 11) is 0. The Morgan fingerprint density at radius 1 is 1.47 bits per heavy atom. The Hall–Kier alpha value is -2.01. The molecular weight excluding hydrogens is 242 g/mol. The molecule has 0 spiro atoms. The highest BCUT2D eigenvalue weighted by Crippen LogP contribution is 2.20. The lowest BCUT2D eigenvalue weighted by atomic mass is 10.1. The molecule has 19 heavy (non-hydrogen) atoms. The van der Waals surface area contributed by atoms with Crippen LogP contribution >= 0.6 is 0 Å². The number of nitrogen functional groups attached to an aromatic ring is 1. The molecule has 1 aromatic carbocycles. The molecule has 1 aromatic heterocycles. The van der Waals surface area contributed by atoms with Gasteiger partial charge in [0.15, 0.2) is 0 Å². The second-order valence-electron chi connectivity index (χ2n) is 5.03. The number of carbonyl (C=O) groups is 1. The Morgan fingerprint density at radius 2 is 2.21 bits per heavy atom. The first-order valence-electron chi connectivity index (χ1n) is 6.32. The molecule has 0 fully saturated rings. The normalized spacial score (nSPS) is 12.8. The zero-order valence-corrected chi connectivity index (χ0v) is 11.1. The van der Waals surface area contributed by atoms with Crippen LogP contribution in [-0.2, 0) is 0 Å². The molecule has 2 rings (SSSR count). The van der Waals surface area contributed by atoms with Gasteiger partial charge >= 0.3 is 0 Å². The molecule has 1 atom stereocenters. The van der Waals surface area contributed by atoms with Crippen LogP contribution < -0.4 is 11.1 Å². The number of benzene rings is 1. The number of aromatic amines is 1. The summed E-state index contributed by atoms with van der Waals surface area (Å²) in [4.78, 5) is 15.1. The summed E-state index contributed by atoms with van der Waals surface area (Å²) in [5.74, 6) is -0.101. The van der Waals surface area contributed by atoms with Crippen molar-refractivity contribution in [3.63, 3.8) is 0 Å². The molecule has 0 aliphatic rings. The minimum atomic E-state index is -0.542. The van der Waals surface area contributed by atoms with E-state index in [0.29, 0.717) is 11.3 Å². The van der Waals surface area contributed by atoms with E-state index in [1.807, 2.05) is 19.9 Å². The maximum atomic E-state index is 12.1. The number of aliphatic hydroxyl groups is 1. The summed E-state index contributed by atoms with van der Waals surface area (Å²) in [5.41, 5.74) is 7.75. The van der Waals surface area contributed by atoms with Crippen molar-refractivity contribution in [2.75, 3.05) is 12.3 Å². The molecule has 5 heteroatoms. The average molecular weight is 261 g/mol. The van der Waals surface area contributed by atoms with Crippen LogP contribution in [0.25, 0.3) is 10.9 Å². The van der Waals surface area contributed by atoms with E-state index < -0.39 is 6.10 Å². The van der Waals surface area contributed by atoms with E-state index in [9.17, 15) is 9.90 Å². The number of H-pyrrole nitrogens is 1. The van der Waals surface area contributed by atoms with Gasteiger partial charge in [-0.1, -0.05) is 13.8 Å². The van der Waals surface area contributed by atoms with Crippen LogP contribution in [0.3, 0.4) is 0 Å². The number of rotatable bonds is 4. The fourth-order valence-electron chi connectivity index (χ4n) is 1.85. The lowest BCUT2D eigenvalue weighted by molar-refractivity contribution is 0.0873. The molecule has 0 radical (unpaired) electrons. The highest BCUT2D eigenvalue weighted by atomic mass is 16.3. The molecule has 5 nitrogen and oxygen atoms in total. The Balaban J connectivity index is 2.15. The van der Waals surface area contributed by atoms with Gasteiger partial charge in [0.05, 0.1) is 11.7 Å². The predicted octanol–water partition coefficient (Wildman–Crippen LogP) is 1.50. The van der Waals surface area contributed by atoms with Crippen LogP contribution in [0.2, 0.25) is 0 Å². The van der Waals surface area contributed by atoms with E-state index in [1.54, 1.807) is 18.3 Å². The molecule has 0 saturated heterocycles. The Bertz CT molecular complexity index is 589. The SMILES string of the molecule is CC(C)C(O)CNC(=O)c1c[nH]c2ccc(N)cc12. The van der Waals surface area contributed by atoms with Crippen LogP contribution in [0.5, 0.6) is 0 Å². The van der Waals surface area contributed by atoms with Crippen molar-refractivity contribution in [3.8, 4) is 0 Å². The van der Waals surface area contributed by atoms with Gasteiger partial charge in [0.2, 0.25) is 0 Å². The van der Waals surface area contributed by atoms with Crippen LogP contribution in [0.4, 0.5) is 5.69 Å². The van der Waals surface area contributed by atoms with E-state index in [-0.39, 0.29) is 18.4 Å². The van der Waals surface area contributed by atoms with Crippen molar-refractivity contribution in [1.82, 2.24) is 10.3 Å². The number of hydrogen-bond acceptors (Lipinski definition) is 3. The Labute approximate surface area is 111 Å². The van der Waals surface area contributed by atoms with Gasteiger partial charge in [-0.05, 0) is 24.1 Å². The first-order valence-corrected chi connectivity index (χ1v) is 6.32. The lowest BCUT2D eigenvalue weighted by Gasteiger charge is -2.14. The average Bonchev–Trinajstić information content (AvgIpc) is 2.78. The highest BCUT2D eigenvalue weighted by molar-refractivity contribution is 6.07. The van der Waals surface area contributed by atoms with Gasteiger partial charge in [0.25, 0.3) is 5.91 Å². The number of nitrogens with two attached hydrogens (primary N) is 1. The summed E-state index contributed by atoms with van der Waals surface area (Å²) in [6, 6.07) is 5.38.